The van der Waals surface area contributed by atoms with Crippen molar-refractivity contribution in [2.75, 3.05) is 18.5 Å². The Balaban J connectivity index is 1.80. The number of urea groups is 1. The lowest BCUT2D eigenvalue weighted by atomic mass is 10.1. The average Bonchev–Trinajstić information content (AvgIpc) is 2.48. The van der Waals surface area contributed by atoms with E-state index in [0.29, 0.717) is 13.2 Å². The van der Waals surface area contributed by atoms with Crippen LogP contribution >= 0.6 is 15.9 Å². The Morgan fingerprint density at radius 1 is 1.13 bits per heavy atom. The van der Waals surface area contributed by atoms with Crippen LogP contribution < -0.4 is 15.4 Å². The van der Waals surface area contributed by atoms with Gasteiger partial charge in [-0.25, -0.2) is 4.79 Å². The molecule has 0 aliphatic heterocycles. The minimum atomic E-state index is -0.252. The topological polar surface area (TPSA) is 50.4 Å². The Bertz CT molecular complexity index is 678. The number of hydrogen-bond acceptors (Lipinski definition) is 2. The lowest BCUT2D eigenvalue weighted by Gasteiger charge is -2.14. The van der Waals surface area contributed by atoms with Crippen molar-refractivity contribution in [3.05, 3.63) is 57.6 Å². The van der Waals surface area contributed by atoms with Crippen LogP contribution in [0.2, 0.25) is 0 Å². The molecule has 0 fully saturated rings. The molecule has 23 heavy (non-hydrogen) atoms. The molecule has 0 bridgehead atoms. The van der Waals surface area contributed by atoms with E-state index in [9.17, 15) is 4.79 Å². The van der Waals surface area contributed by atoms with E-state index >= 15 is 0 Å². The molecule has 0 saturated carbocycles. The molecule has 0 atom stereocenters. The molecule has 2 rings (SSSR count). The van der Waals surface area contributed by atoms with Crippen molar-refractivity contribution in [3.63, 3.8) is 0 Å². The second-order valence-corrected chi connectivity index (χ2v) is 6.29. The van der Waals surface area contributed by atoms with Crippen LogP contribution in [0.4, 0.5) is 10.5 Å². The first-order valence-corrected chi connectivity index (χ1v) is 8.26. The van der Waals surface area contributed by atoms with Crippen LogP contribution in [0.25, 0.3) is 0 Å². The van der Waals surface area contributed by atoms with Gasteiger partial charge in [-0.3, -0.25) is 0 Å². The van der Waals surface area contributed by atoms with E-state index in [-0.39, 0.29) is 6.03 Å². The van der Waals surface area contributed by atoms with Crippen molar-refractivity contribution >= 4 is 27.6 Å². The predicted octanol–water partition coefficient (Wildman–Crippen LogP) is 4.57. The SMILES string of the molecule is Cc1cc(C)c(OCCNC(=O)Nc2ccccc2Br)c(C)c1. The maximum Gasteiger partial charge on any atom is 0.319 e. The first-order chi connectivity index (χ1) is 11.0. The number of anilines is 1. The maximum atomic E-state index is 11.9. The number of para-hydroxylation sites is 1. The van der Waals surface area contributed by atoms with Gasteiger partial charge in [0.1, 0.15) is 12.4 Å². The molecule has 2 aromatic carbocycles. The van der Waals surface area contributed by atoms with Gasteiger partial charge in [0.2, 0.25) is 0 Å². The molecular weight excluding hydrogens is 356 g/mol. The summed E-state index contributed by atoms with van der Waals surface area (Å²) in [4.78, 5) is 11.9. The molecule has 0 aromatic heterocycles. The third-order valence-electron chi connectivity index (χ3n) is 3.36. The number of amides is 2. The molecule has 0 heterocycles. The van der Waals surface area contributed by atoms with Gasteiger partial charge in [-0.1, -0.05) is 29.8 Å². The Morgan fingerprint density at radius 3 is 2.43 bits per heavy atom. The number of halogens is 1. The van der Waals surface area contributed by atoms with Crippen molar-refractivity contribution < 1.29 is 9.53 Å². The van der Waals surface area contributed by atoms with E-state index in [1.807, 2.05) is 38.1 Å². The van der Waals surface area contributed by atoms with E-state index in [1.165, 1.54) is 5.56 Å². The van der Waals surface area contributed by atoms with Crippen LogP contribution in [0.5, 0.6) is 5.75 Å². The number of aryl methyl sites for hydroxylation is 3. The maximum absolute atomic E-state index is 11.9. The highest BCUT2D eigenvalue weighted by molar-refractivity contribution is 9.10. The summed E-state index contributed by atoms with van der Waals surface area (Å²) >= 11 is 3.39. The fraction of sp³-hybridized carbons (Fsp3) is 0.278. The second-order valence-electron chi connectivity index (χ2n) is 5.44. The van der Waals surface area contributed by atoms with Gasteiger partial charge < -0.3 is 15.4 Å². The number of carbonyl (C=O) groups is 1. The Labute approximate surface area is 145 Å². The standard InChI is InChI=1S/C18H21BrN2O2/c1-12-10-13(2)17(14(3)11-12)23-9-8-20-18(22)21-16-7-5-4-6-15(16)19/h4-7,10-11H,8-9H2,1-3H3,(H2,20,21,22). The van der Waals surface area contributed by atoms with Gasteiger partial charge in [-0.2, -0.15) is 0 Å². The van der Waals surface area contributed by atoms with Crippen molar-refractivity contribution in [2.24, 2.45) is 0 Å². The molecule has 0 aliphatic carbocycles. The van der Waals surface area contributed by atoms with Crippen LogP contribution in [0.3, 0.4) is 0 Å². The molecule has 0 aliphatic rings. The monoisotopic (exact) mass is 376 g/mol. The molecule has 0 saturated heterocycles. The molecule has 0 spiro atoms. The zero-order valence-electron chi connectivity index (χ0n) is 13.6. The van der Waals surface area contributed by atoms with Gasteiger partial charge in [0.25, 0.3) is 0 Å². The fourth-order valence-corrected chi connectivity index (χ4v) is 2.83. The molecule has 2 aromatic rings. The van der Waals surface area contributed by atoms with Crippen molar-refractivity contribution in [3.8, 4) is 5.75 Å². The van der Waals surface area contributed by atoms with Crippen molar-refractivity contribution in [1.82, 2.24) is 5.32 Å². The minimum absolute atomic E-state index is 0.252. The third kappa shape index (κ3) is 4.99. The number of ether oxygens (including phenoxy) is 1. The molecule has 5 heteroatoms. The Morgan fingerprint density at radius 2 is 1.78 bits per heavy atom. The van der Waals surface area contributed by atoms with Crippen LogP contribution in [0.1, 0.15) is 16.7 Å². The number of carbonyl (C=O) groups excluding carboxylic acids is 1. The second kappa shape index (κ2) is 8.02. The Hall–Kier alpha value is -2.01. The van der Waals surface area contributed by atoms with E-state index < -0.39 is 0 Å². The van der Waals surface area contributed by atoms with Crippen LogP contribution in [-0.4, -0.2) is 19.2 Å². The van der Waals surface area contributed by atoms with Gasteiger partial charge in [-0.15, -0.1) is 0 Å². The summed E-state index contributed by atoms with van der Waals surface area (Å²) in [6.07, 6.45) is 0. The van der Waals surface area contributed by atoms with Gasteiger partial charge >= 0.3 is 6.03 Å². The summed E-state index contributed by atoms with van der Waals surface area (Å²) in [5.41, 5.74) is 4.18. The molecular formula is C18H21BrN2O2. The quantitative estimate of drug-likeness (QED) is 0.750. The zero-order valence-corrected chi connectivity index (χ0v) is 15.2. The molecule has 0 unspecified atom stereocenters. The van der Waals surface area contributed by atoms with Gasteiger partial charge in [0.15, 0.2) is 0 Å². The van der Waals surface area contributed by atoms with Crippen LogP contribution in [0.15, 0.2) is 40.9 Å². The largest absolute Gasteiger partial charge is 0.491 e. The molecule has 4 nitrogen and oxygen atoms in total. The van der Waals surface area contributed by atoms with Crippen molar-refractivity contribution in [2.45, 2.75) is 20.8 Å². The highest BCUT2D eigenvalue weighted by Crippen LogP contribution is 2.24. The summed E-state index contributed by atoms with van der Waals surface area (Å²) in [6, 6.07) is 11.4. The summed E-state index contributed by atoms with van der Waals surface area (Å²) < 4.78 is 6.64. The molecule has 0 radical (unpaired) electrons. The molecule has 2 N–H and O–H groups in total. The number of rotatable bonds is 5. The Kier molecular flexibility index (Phi) is 6.04. The first kappa shape index (κ1) is 17.3. The summed E-state index contributed by atoms with van der Waals surface area (Å²) in [5, 5.41) is 5.57. The van der Waals surface area contributed by atoms with E-state index in [4.69, 9.17) is 4.74 Å². The van der Waals surface area contributed by atoms with Gasteiger partial charge in [-0.05, 0) is 60.0 Å². The fourth-order valence-electron chi connectivity index (χ4n) is 2.44. The summed E-state index contributed by atoms with van der Waals surface area (Å²) in [6.45, 7) is 6.99. The lowest BCUT2D eigenvalue weighted by Crippen LogP contribution is -2.32. The highest BCUT2D eigenvalue weighted by Gasteiger charge is 2.06. The normalized spacial score (nSPS) is 10.3. The summed E-state index contributed by atoms with van der Waals surface area (Å²) in [7, 11) is 0. The van der Waals surface area contributed by atoms with Gasteiger partial charge in [0, 0.05) is 4.47 Å². The smallest absolute Gasteiger partial charge is 0.319 e. The van der Waals surface area contributed by atoms with E-state index in [2.05, 4.69) is 45.6 Å². The lowest BCUT2D eigenvalue weighted by molar-refractivity contribution is 0.247. The molecule has 122 valence electrons. The number of nitrogens with one attached hydrogen (secondary N) is 2. The minimum Gasteiger partial charge on any atom is -0.491 e. The van der Waals surface area contributed by atoms with Gasteiger partial charge in [0.05, 0.1) is 12.2 Å². The average molecular weight is 377 g/mol. The third-order valence-corrected chi connectivity index (χ3v) is 4.05. The first-order valence-electron chi connectivity index (χ1n) is 7.47. The van der Waals surface area contributed by atoms with Crippen LogP contribution in [0, 0.1) is 20.8 Å². The number of hydrogen-bond donors (Lipinski definition) is 2. The summed E-state index contributed by atoms with van der Waals surface area (Å²) in [5.74, 6) is 0.892. The molecule has 2 amide bonds. The van der Waals surface area contributed by atoms with E-state index in [0.717, 1.165) is 27.0 Å². The van der Waals surface area contributed by atoms with E-state index in [1.54, 1.807) is 0 Å². The zero-order chi connectivity index (χ0) is 16.8. The number of benzene rings is 2. The highest BCUT2D eigenvalue weighted by atomic mass is 79.9. The van der Waals surface area contributed by atoms with Crippen molar-refractivity contribution in [1.29, 1.82) is 0 Å². The predicted molar refractivity (Wildman–Crippen MR) is 97.3 cm³/mol. The van der Waals surface area contributed by atoms with Crippen LogP contribution in [-0.2, 0) is 0 Å².